The number of rotatable bonds is 11. The number of ether oxygens (including phenoxy) is 2. The minimum Gasteiger partial charge on any atom is -0.497 e. The van der Waals surface area contributed by atoms with E-state index in [1.807, 2.05) is 42.5 Å². The highest BCUT2D eigenvalue weighted by atomic mass is 35.5. The van der Waals surface area contributed by atoms with Gasteiger partial charge in [-0.3, -0.25) is 4.79 Å². The van der Waals surface area contributed by atoms with Gasteiger partial charge in [0.05, 0.1) is 28.9 Å². The van der Waals surface area contributed by atoms with E-state index in [1.54, 1.807) is 38.5 Å². The van der Waals surface area contributed by atoms with Crippen LogP contribution in [-0.4, -0.2) is 43.2 Å². The van der Waals surface area contributed by atoms with Crippen molar-refractivity contribution in [2.24, 2.45) is 0 Å². The number of benzene rings is 3. The number of fused-ring (bicyclic) bond motifs is 1. The fourth-order valence-corrected chi connectivity index (χ4v) is 4.20. The Morgan fingerprint density at radius 1 is 0.972 bits per heavy atom. The first-order valence-corrected chi connectivity index (χ1v) is 12.4. The van der Waals surface area contributed by atoms with E-state index >= 15 is 0 Å². The molecular weight excluding hydrogens is 498 g/mol. The van der Waals surface area contributed by atoms with E-state index in [0.717, 1.165) is 22.3 Å². The molecular formula is C26H26ClN5O3S. The monoisotopic (exact) mass is 523 g/mol. The quantitative estimate of drug-likeness (QED) is 0.165. The van der Waals surface area contributed by atoms with Crippen molar-refractivity contribution in [2.45, 2.75) is 11.3 Å². The second kappa shape index (κ2) is 12.4. The molecule has 0 radical (unpaired) electrons. The van der Waals surface area contributed by atoms with Crippen molar-refractivity contribution in [1.82, 2.24) is 15.3 Å². The Kier molecular flexibility index (Phi) is 8.83. The molecule has 0 aliphatic heterocycles. The molecule has 0 atom stereocenters. The molecule has 3 aromatic carbocycles. The molecule has 4 rings (SSSR count). The van der Waals surface area contributed by atoms with Crippen LogP contribution >= 0.6 is 23.5 Å². The first kappa shape index (κ1) is 25.6. The van der Waals surface area contributed by atoms with Gasteiger partial charge in [0.15, 0.2) is 11.6 Å². The summed E-state index contributed by atoms with van der Waals surface area (Å²) < 4.78 is 13.6. The van der Waals surface area contributed by atoms with E-state index in [1.165, 1.54) is 11.9 Å². The molecule has 1 heterocycles. The fourth-order valence-electron chi connectivity index (χ4n) is 3.34. The van der Waals surface area contributed by atoms with Gasteiger partial charge in [0, 0.05) is 36.8 Å². The maximum Gasteiger partial charge on any atom is 0.251 e. The lowest BCUT2D eigenvalue weighted by Gasteiger charge is -2.14. The molecule has 0 aliphatic rings. The van der Waals surface area contributed by atoms with Gasteiger partial charge in [-0.25, -0.2) is 9.97 Å². The van der Waals surface area contributed by atoms with Gasteiger partial charge in [0.2, 0.25) is 0 Å². The molecule has 0 saturated heterocycles. The SMILES string of the molecule is COCCCNC(=O)c1cccc(SNc2nc3ccccc3nc2Nc2cc(OC)ccc2Cl)c1. The van der Waals surface area contributed by atoms with Crippen molar-refractivity contribution in [2.75, 3.05) is 37.4 Å². The number of carbonyl (C=O) groups is 1. The lowest BCUT2D eigenvalue weighted by Crippen LogP contribution is -2.25. The van der Waals surface area contributed by atoms with Crippen LogP contribution in [0.2, 0.25) is 5.02 Å². The predicted molar refractivity (Wildman–Crippen MR) is 146 cm³/mol. The molecule has 4 aromatic rings. The van der Waals surface area contributed by atoms with Gasteiger partial charge >= 0.3 is 0 Å². The highest BCUT2D eigenvalue weighted by Gasteiger charge is 2.13. The molecule has 0 spiro atoms. The summed E-state index contributed by atoms with van der Waals surface area (Å²) in [7, 11) is 3.24. The largest absolute Gasteiger partial charge is 0.497 e. The Bertz CT molecular complexity index is 1350. The van der Waals surface area contributed by atoms with Crippen molar-refractivity contribution < 1.29 is 14.3 Å². The van der Waals surface area contributed by atoms with Crippen LogP contribution in [0.15, 0.2) is 71.6 Å². The van der Waals surface area contributed by atoms with E-state index in [9.17, 15) is 4.79 Å². The summed E-state index contributed by atoms with van der Waals surface area (Å²) in [6.07, 6.45) is 0.756. The summed E-state index contributed by atoms with van der Waals surface area (Å²) in [6.45, 7) is 1.15. The molecule has 1 aromatic heterocycles. The van der Waals surface area contributed by atoms with E-state index in [2.05, 4.69) is 15.4 Å². The summed E-state index contributed by atoms with van der Waals surface area (Å²) >= 11 is 7.74. The van der Waals surface area contributed by atoms with Gasteiger partial charge < -0.3 is 24.8 Å². The van der Waals surface area contributed by atoms with Gasteiger partial charge in [-0.15, -0.1) is 0 Å². The zero-order chi connectivity index (χ0) is 25.3. The predicted octanol–water partition coefficient (Wildman–Crippen LogP) is 5.92. The van der Waals surface area contributed by atoms with Gasteiger partial charge in [0.25, 0.3) is 5.91 Å². The lowest BCUT2D eigenvalue weighted by molar-refractivity contribution is 0.0948. The Morgan fingerprint density at radius 2 is 1.75 bits per heavy atom. The van der Waals surface area contributed by atoms with E-state index < -0.39 is 0 Å². The van der Waals surface area contributed by atoms with Crippen molar-refractivity contribution >= 4 is 57.8 Å². The summed E-state index contributed by atoms with van der Waals surface area (Å²) in [5.41, 5.74) is 2.69. The molecule has 0 bridgehead atoms. The van der Waals surface area contributed by atoms with Crippen LogP contribution in [0.4, 0.5) is 17.3 Å². The number of halogens is 1. The van der Waals surface area contributed by atoms with Crippen molar-refractivity contribution in [1.29, 1.82) is 0 Å². The molecule has 8 nitrogen and oxygen atoms in total. The average molecular weight is 524 g/mol. The first-order valence-electron chi connectivity index (χ1n) is 11.2. The number of anilines is 3. The smallest absolute Gasteiger partial charge is 0.251 e. The van der Waals surface area contributed by atoms with E-state index in [0.29, 0.717) is 46.8 Å². The van der Waals surface area contributed by atoms with Crippen LogP contribution in [0.1, 0.15) is 16.8 Å². The maximum absolute atomic E-state index is 12.5. The minimum atomic E-state index is -0.130. The Morgan fingerprint density at radius 3 is 2.50 bits per heavy atom. The second-order valence-corrected chi connectivity index (χ2v) is 9.00. The standard InChI is InChI=1S/C26H26ClN5O3S/c1-34-14-6-13-28-26(33)17-7-5-8-19(15-17)36-32-25-24(29-21-9-3-4-10-22(21)30-25)31-23-16-18(35-2)11-12-20(23)27/h3-5,7-12,15-16H,6,13-14H2,1-2H3,(H,28,33)(H,29,31)(H,30,32). The number of para-hydroxylation sites is 2. The van der Waals surface area contributed by atoms with Crippen LogP contribution in [0.3, 0.4) is 0 Å². The molecule has 1 amide bonds. The summed E-state index contributed by atoms with van der Waals surface area (Å²) in [5.74, 6) is 1.56. The maximum atomic E-state index is 12.5. The van der Waals surface area contributed by atoms with Crippen LogP contribution in [0.25, 0.3) is 11.0 Å². The second-order valence-electron chi connectivity index (χ2n) is 7.71. The van der Waals surface area contributed by atoms with Crippen LogP contribution in [0, 0.1) is 0 Å². The van der Waals surface area contributed by atoms with Crippen molar-refractivity contribution in [3.8, 4) is 5.75 Å². The first-order chi connectivity index (χ1) is 17.6. The highest BCUT2D eigenvalue weighted by Crippen LogP contribution is 2.33. The van der Waals surface area contributed by atoms with Gasteiger partial charge in [0.1, 0.15) is 5.75 Å². The number of hydrogen-bond acceptors (Lipinski definition) is 8. The van der Waals surface area contributed by atoms with Crippen molar-refractivity contribution in [3.05, 3.63) is 77.3 Å². The number of aromatic nitrogens is 2. The van der Waals surface area contributed by atoms with Gasteiger partial charge in [-0.1, -0.05) is 29.8 Å². The highest BCUT2D eigenvalue weighted by molar-refractivity contribution is 8.00. The Balaban J connectivity index is 1.55. The Hall–Kier alpha value is -3.53. The zero-order valence-corrected chi connectivity index (χ0v) is 21.4. The van der Waals surface area contributed by atoms with Gasteiger partial charge in [-0.05, 0) is 60.8 Å². The van der Waals surface area contributed by atoms with Gasteiger partial charge in [-0.2, -0.15) is 0 Å². The molecule has 36 heavy (non-hydrogen) atoms. The number of amides is 1. The van der Waals surface area contributed by atoms with Crippen molar-refractivity contribution in [3.63, 3.8) is 0 Å². The normalized spacial score (nSPS) is 10.8. The molecule has 3 N–H and O–H groups in total. The van der Waals surface area contributed by atoms with Crippen LogP contribution < -0.4 is 20.1 Å². The summed E-state index contributed by atoms with van der Waals surface area (Å²) in [4.78, 5) is 22.8. The molecule has 0 aliphatic carbocycles. The third kappa shape index (κ3) is 6.57. The van der Waals surface area contributed by atoms with E-state index in [4.69, 9.17) is 31.0 Å². The molecule has 0 unspecified atom stereocenters. The number of nitrogens with one attached hydrogen (secondary N) is 3. The number of hydrogen-bond donors (Lipinski definition) is 3. The number of methoxy groups -OCH3 is 2. The summed E-state index contributed by atoms with van der Waals surface area (Å²) in [6, 6.07) is 20.3. The molecule has 186 valence electrons. The third-order valence-electron chi connectivity index (χ3n) is 5.17. The van der Waals surface area contributed by atoms with E-state index in [-0.39, 0.29) is 5.91 Å². The molecule has 0 saturated carbocycles. The zero-order valence-electron chi connectivity index (χ0n) is 19.9. The Labute approximate surface area is 218 Å². The topological polar surface area (TPSA) is 97.4 Å². The van der Waals surface area contributed by atoms with Crippen LogP contribution in [0.5, 0.6) is 5.75 Å². The molecule has 0 fully saturated rings. The summed E-state index contributed by atoms with van der Waals surface area (Å²) in [5, 5.41) is 6.70. The molecule has 10 heteroatoms. The lowest BCUT2D eigenvalue weighted by atomic mass is 10.2. The fraction of sp³-hybridized carbons (Fsp3) is 0.192. The minimum absolute atomic E-state index is 0.130. The number of carbonyl (C=O) groups excluding carboxylic acids is 1. The van der Waals surface area contributed by atoms with Crippen LogP contribution in [-0.2, 0) is 4.74 Å². The number of nitrogens with zero attached hydrogens (tertiary/aromatic N) is 2. The average Bonchev–Trinajstić information content (AvgIpc) is 2.91. The third-order valence-corrected chi connectivity index (χ3v) is 6.28.